The van der Waals surface area contributed by atoms with Crippen LogP contribution in [-0.2, 0) is 0 Å². The van der Waals surface area contributed by atoms with Gasteiger partial charge in [0, 0.05) is 6.17 Å². The van der Waals surface area contributed by atoms with Crippen molar-refractivity contribution in [3.05, 3.63) is 23.5 Å². The molecule has 0 atom stereocenters. The minimum absolute atomic E-state index is 0.0173. The fraction of sp³-hybridized carbons (Fsp3) is 0.444. The third-order valence-electron chi connectivity index (χ3n) is 1.44. The molecule has 1 aromatic heterocycles. The Kier molecular flexibility index (Phi) is 1.47. The smallest absolute Gasteiger partial charge is 0.137 e. The number of pyridine rings is 1. The first-order valence-electron chi connectivity index (χ1n) is 4.61. The van der Waals surface area contributed by atoms with Crippen LogP contribution < -0.4 is 0 Å². The number of aromatic nitrogens is 1. The first-order valence-corrected chi connectivity index (χ1v) is 3.61. The van der Waals surface area contributed by atoms with Crippen molar-refractivity contribution in [1.82, 2.24) is 4.98 Å². The molecule has 11 heavy (non-hydrogen) atoms. The maximum Gasteiger partial charge on any atom is 0.137 e. The topological polar surface area (TPSA) is 33.1 Å². The van der Waals surface area contributed by atoms with Crippen molar-refractivity contribution in [3.8, 4) is 5.75 Å². The van der Waals surface area contributed by atoms with Gasteiger partial charge in [-0.1, -0.05) is 13.8 Å². The van der Waals surface area contributed by atoms with Crippen LogP contribution in [0.2, 0.25) is 0 Å². The summed E-state index contributed by atoms with van der Waals surface area (Å²) in [4.78, 5) is 3.93. The van der Waals surface area contributed by atoms with Gasteiger partial charge in [-0.2, -0.15) is 0 Å². The van der Waals surface area contributed by atoms with E-state index >= 15 is 0 Å². The second-order valence-corrected chi connectivity index (χ2v) is 2.86. The Morgan fingerprint density at radius 1 is 1.64 bits per heavy atom. The van der Waals surface area contributed by atoms with Crippen molar-refractivity contribution < 1.29 is 7.85 Å². The molecule has 60 valence electrons. The molecular weight excluding hydrogens is 138 g/mol. The largest absolute Gasteiger partial charge is 0.506 e. The normalized spacial score (nSPS) is 13.1. The molecule has 0 aliphatic carbocycles. The molecular formula is C9H13NO. The Bertz CT molecular complexity index is 337. The fourth-order valence-corrected chi connectivity index (χ4v) is 0.869. The minimum Gasteiger partial charge on any atom is -0.506 e. The summed E-state index contributed by atoms with van der Waals surface area (Å²) < 4.78 is 15.0. The van der Waals surface area contributed by atoms with Crippen LogP contribution in [0.1, 0.15) is 33.8 Å². The lowest BCUT2D eigenvalue weighted by Crippen LogP contribution is -1.92. The fourth-order valence-electron chi connectivity index (χ4n) is 0.869. The lowest BCUT2D eigenvalue weighted by atomic mass is 10.1. The van der Waals surface area contributed by atoms with Gasteiger partial charge in [0.25, 0.3) is 0 Å². The molecule has 1 heterocycles. The van der Waals surface area contributed by atoms with Crippen molar-refractivity contribution in [3.63, 3.8) is 0 Å². The van der Waals surface area contributed by atoms with E-state index in [1.165, 1.54) is 0 Å². The SMILES string of the molecule is [2H]c1nc(C(C)C)c(O)c([2H])c1C. The van der Waals surface area contributed by atoms with E-state index in [0.29, 0.717) is 11.3 Å². The van der Waals surface area contributed by atoms with Gasteiger partial charge in [0.1, 0.15) is 5.75 Å². The summed E-state index contributed by atoms with van der Waals surface area (Å²) in [5, 5.41) is 9.54. The van der Waals surface area contributed by atoms with E-state index in [9.17, 15) is 5.11 Å². The molecule has 0 saturated heterocycles. The van der Waals surface area contributed by atoms with Crippen LogP contribution in [0.4, 0.5) is 0 Å². The molecule has 1 N–H and O–H groups in total. The summed E-state index contributed by atoms with van der Waals surface area (Å²) in [7, 11) is 0. The maximum atomic E-state index is 9.54. The van der Waals surface area contributed by atoms with E-state index in [0.717, 1.165) is 0 Å². The number of nitrogens with zero attached hydrogens (tertiary/aromatic N) is 1. The van der Waals surface area contributed by atoms with E-state index in [4.69, 9.17) is 2.74 Å². The van der Waals surface area contributed by atoms with Gasteiger partial charge in [-0.3, -0.25) is 4.98 Å². The zero-order valence-corrected chi connectivity index (χ0v) is 6.97. The highest BCUT2D eigenvalue weighted by Gasteiger charge is 2.05. The van der Waals surface area contributed by atoms with Crippen molar-refractivity contribution in [2.24, 2.45) is 0 Å². The van der Waals surface area contributed by atoms with E-state index < -0.39 is 0 Å². The van der Waals surface area contributed by atoms with Crippen molar-refractivity contribution in [2.45, 2.75) is 26.7 Å². The highest BCUT2D eigenvalue weighted by Crippen LogP contribution is 2.22. The van der Waals surface area contributed by atoms with Crippen LogP contribution in [0.5, 0.6) is 5.75 Å². The first kappa shape index (κ1) is 5.58. The van der Waals surface area contributed by atoms with Gasteiger partial charge >= 0.3 is 0 Å². The molecule has 1 aromatic rings. The molecule has 0 aromatic carbocycles. The monoisotopic (exact) mass is 153 g/mol. The summed E-state index contributed by atoms with van der Waals surface area (Å²) in [6.07, 6.45) is 0.0755. The zero-order valence-electron chi connectivity index (χ0n) is 8.97. The van der Waals surface area contributed by atoms with Gasteiger partial charge in [0.2, 0.25) is 0 Å². The average Bonchev–Trinajstić information content (AvgIpc) is 2.07. The molecule has 0 fully saturated rings. The van der Waals surface area contributed by atoms with Gasteiger partial charge in [-0.05, 0) is 24.4 Å². The Balaban J connectivity index is 3.41. The van der Waals surface area contributed by atoms with Gasteiger partial charge in [0.05, 0.1) is 8.44 Å². The van der Waals surface area contributed by atoms with Crippen LogP contribution >= 0.6 is 0 Å². The lowest BCUT2D eigenvalue weighted by molar-refractivity contribution is 0.459. The van der Waals surface area contributed by atoms with Crippen LogP contribution in [-0.4, -0.2) is 10.1 Å². The second-order valence-electron chi connectivity index (χ2n) is 2.86. The highest BCUT2D eigenvalue weighted by atomic mass is 16.3. The van der Waals surface area contributed by atoms with Crippen molar-refractivity contribution >= 4 is 0 Å². The summed E-state index contributed by atoms with van der Waals surface area (Å²) in [6.45, 7) is 5.36. The molecule has 0 aliphatic heterocycles. The van der Waals surface area contributed by atoms with E-state index in [1.54, 1.807) is 6.92 Å². The minimum atomic E-state index is -0.0940. The van der Waals surface area contributed by atoms with Gasteiger partial charge < -0.3 is 5.11 Å². The number of aromatic hydroxyl groups is 1. The van der Waals surface area contributed by atoms with Crippen LogP contribution in [0.15, 0.2) is 12.2 Å². The number of hydrogen-bond acceptors (Lipinski definition) is 2. The highest BCUT2D eigenvalue weighted by molar-refractivity contribution is 5.31. The Morgan fingerprint density at radius 3 is 2.82 bits per heavy atom. The third-order valence-corrected chi connectivity index (χ3v) is 1.44. The molecule has 2 nitrogen and oxygen atoms in total. The van der Waals surface area contributed by atoms with Gasteiger partial charge in [-0.15, -0.1) is 0 Å². The summed E-state index contributed by atoms with van der Waals surface area (Å²) >= 11 is 0. The standard InChI is InChI=1S/C9H13NO/c1-6(2)9-8(11)4-7(3)5-10-9/h4-6,11H,1-3H3/i4D,5D. The Morgan fingerprint density at radius 2 is 2.27 bits per heavy atom. The van der Waals surface area contributed by atoms with Crippen molar-refractivity contribution in [1.29, 1.82) is 0 Å². The third kappa shape index (κ3) is 1.70. The Hall–Kier alpha value is -1.05. The average molecular weight is 153 g/mol. The van der Waals surface area contributed by atoms with E-state index in [-0.39, 0.29) is 23.9 Å². The predicted molar refractivity (Wildman–Crippen MR) is 44.7 cm³/mol. The van der Waals surface area contributed by atoms with Crippen LogP contribution in [0.25, 0.3) is 0 Å². The van der Waals surface area contributed by atoms with Crippen LogP contribution in [0, 0.1) is 6.92 Å². The van der Waals surface area contributed by atoms with Gasteiger partial charge in [0.15, 0.2) is 0 Å². The molecule has 0 amide bonds. The van der Waals surface area contributed by atoms with Crippen molar-refractivity contribution in [2.75, 3.05) is 0 Å². The predicted octanol–water partition coefficient (Wildman–Crippen LogP) is 2.22. The second kappa shape index (κ2) is 2.91. The molecule has 0 aliphatic rings. The molecule has 0 spiro atoms. The molecule has 0 unspecified atom stereocenters. The van der Waals surface area contributed by atoms with E-state index in [1.807, 2.05) is 13.8 Å². The maximum absolute atomic E-state index is 9.54. The van der Waals surface area contributed by atoms with Gasteiger partial charge in [-0.25, -0.2) is 0 Å². The quantitative estimate of drug-likeness (QED) is 0.671. The molecule has 2 heteroatoms. The summed E-state index contributed by atoms with van der Waals surface area (Å²) in [5.41, 5.74) is 0.850. The van der Waals surface area contributed by atoms with E-state index in [2.05, 4.69) is 4.98 Å². The number of hydrogen-bond donors (Lipinski definition) is 1. The number of rotatable bonds is 1. The molecule has 0 radical (unpaired) electrons. The van der Waals surface area contributed by atoms with Crippen LogP contribution in [0.3, 0.4) is 0 Å². The Labute approximate surface area is 69.7 Å². The molecule has 0 saturated carbocycles. The molecule has 0 bridgehead atoms. The summed E-state index contributed by atoms with van der Waals surface area (Å²) in [5.74, 6) is -0.0581. The first-order chi connectivity index (χ1) is 5.95. The molecule has 1 rings (SSSR count). The summed E-state index contributed by atoms with van der Waals surface area (Å²) in [6, 6.07) is 0.0173. The zero-order chi connectivity index (χ0) is 10.2. The lowest BCUT2D eigenvalue weighted by Gasteiger charge is -2.06.